The predicted octanol–water partition coefficient (Wildman–Crippen LogP) is 1.44. The Morgan fingerprint density at radius 3 is 2.60 bits per heavy atom. The summed E-state index contributed by atoms with van der Waals surface area (Å²) < 4.78 is 5.08. The van der Waals surface area contributed by atoms with Gasteiger partial charge in [0.15, 0.2) is 0 Å². The minimum Gasteiger partial charge on any atom is -0.343 e. The van der Waals surface area contributed by atoms with Crippen molar-refractivity contribution in [3.05, 3.63) is 35.9 Å². The second-order valence-electron chi connectivity index (χ2n) is 4.05. The van der Waals surface area contributed by atoms with Gasteiger partial charge in [0, 0.05) is 6.42 Å². The summed E-state index contributed by atoms with van der Waals surface area (Å²) in [5, 5.41) is 18.4. The van der Waals surface area contributed by atoms with Crippen molar-refractivity contribution in [1.29, 1.82) is 0 Å². The maximum atomic E-state index is 9.20. The van der Waals surface area contributed by atoms with Crippen molar-refractivity contribution in [3.63, 3.8) is 0 Å². The molecule has 2 rings (SSSR count). The average Bonchev–Trinajstić information content (AvgIpc) is 2.57. The minimum absolute atomic E-state index is 0.0276. The molecule has 1 fully saturated rings. The van der Waals surface area contributed by atoms with Crippen molar-refractivity contribution in [3.8, 4) is 0 Å². The van der Waals surface area contributed by atoms with Crippen LogP contribution in [0.4, 0.5) is 0 Å². The van der Waals surface area contributed by atoms with Gasteiger partial charge in [-0.25, -0.2) is 0 Å². The third-order valence-corrected chi connectivity index (χ3v) is 2.75. The maximum absolute atomic E-state index is 9.20. The Balaban J connectivity index is 1.80. The van der Waals surface area contributed by atoms with Gasteiger partial charge in [-0.2, -0.15) is 0 Å². The first-order valence-corrected chi connectivity index (χ1v) is 5.32. The highest BCUT2D eigenvalue weighted by Gasteiger charge is 2.35. The number of ether oxygens (including phenoxy) is 1. The van der Waals surface area contributed by atoms with Crippen molar-refractivity contribution >= 4 is 0 Å². The monoisotopic (exact) mass is 208 g/mol. The van der Waals surface area contributed by atoms with E-state index in [-0.39, 0.29) is 6.10 Å². The maximum Gasteiger partial charge on any atom is 0.278 e. The van der Waals surface area contributed by atoms with Gasteiger partial charge in [0.1, 0.15) is 0 Å². The zero-order valence-electron chi connectivity index (χ0n) is 8.60. The summed E-state index contributed by atoms with van der Waals surface area (Å²) in [6.45, 7) is 0. The van der Waals surface area contributed by atoms with Gasteiger partial charge in [0.25, 0.3) is 5.97 Å². The Kier molecular flexibility index (Phi) is 3.05. The lowest BCUT2D eigenvalue weighted by molar-refractivity contribution is -0.325. The Morgan fingerprint density at radius 1 is 1.27 bits per heavy atom. The Labute approximate surface area is 89.3 Å². The number of aliphatic hydroxyl groups is 2. The molecule has 82 valence electrons. The smallest absolute Gasteiger partial charge is 0.278 e. The lowest BCUT2D eigenvalue weighted by atomic mass is 10.1. The highest BCUT2D eigenvalue weighted by molar-refractivity contribution is 5.14. The quantitative estimate of drug-likeness (QED) is 0.739. The third-order valence-electron chi connectivity index (χ3n) is 2.75. The van der Waals surface area contributed by atoms with E-state index in [4.69, 9.17) is 4.74 Å². The van der Waals surface area contributed by atoms with E-state index in [1.807, 2.05) is 18.2 Å². The van der Waals surface area contributed by atoms with Crippen LogP contribution in [0.15, 0.2) is 30.3 Å². The molecule has 0 saturated carbocycles. The normalized spacial score (nSPS) is 24.3. The number of rotatable bonds is 3. The molecule has 1 aliphatic heterocycles. The number of benzene rings is 1. The highest BCUT2D eigenvalue weighted by atomic mass is 16.8. The van der Waals surface area contributed by atoms with Crippen LogP contribution in [0.2, 0.25) is 0 Å². The largest absolute Gasteiger partial charge is 0.343 e. The van der Waals surface area contributed by atoms with Gasteiger partial charge in [-0.3, -0.25) is 0 Å². The summed E-state index contributed by atoms with van der Waals surface area (Å²) in [4.78, 5) is 0. The zero-order chi connectivity index (χ0) is 10.7. The molecule has 0 radical (unpaired) electrons. The number of hydrogen-bond acceptors (Lipinski definition) is 3. The van der Waals surface area contributed by atoms with Gasteiger partial charge < -0.3 is 14.9 Å². The van der Waals surface area contributed by atoms with E-state index in [0.29, 0.717) is 6.42 Å². The Bertz CT molecular complexity index is 308. The van der Waals surface area contributed by atoms with Gasteiger partial charge >= 0.3 is 0 Å². The summed E-state index contributed by atoms with van der Waals surface area (Å²) in [7, 11) is 0. The van der Waals surface area contributed by atoms with Crippen LogP contribution in [-0.2, 0) is 11.2 Å². The van der Waals surface area contributed by atoms with Gasteiger partial charge in [0.05, 0.1) is 6.10 Å². The first-order chi connectivity index (χ1) is 7.16. The number of hydrogen-bond donors (Lipinski definition) is 2. The lowest BCUT2D eigenvalue weighted by Gasteiger charge is -2.16. The summed E-state index contributed by atoms with van der Waals surface area (Å²) in [5.74, 6) is -1.89. The molecular formula is C12H16O3. The molecular weight excluding hydrogens is 192 g/mol. The molecule has 0 aromatic heterocycles. The van der Waals surface area contributed by atoms with Crippen molar-refractivity contribution in [2.45, 2.75) is 37.8 Å². The third kappa shape index (κ3) is 3.02. The van der Waals surface area contributed by atoms with Crippen LogP contribution >= 0.6 is 0 Å². The minimum atomic E-state index is -1.89. The summed E-state index contributed by atoms with van der Waals surface area (Å²) in [6.07, 6.45) is 2.76. The second-order valence-corrected chi connectivity index (χ2v) is 4.05. The van der Waals surface area contributed by atoms with Crippen molar-refractivity contribution < 1.29 is 14.9 Å². The van der Waals surface area contributed by atoms with E-state index in [1.54, 1.807) is 0 Å². The fourth-order valence-electron chi connectivity index (χ4n) is 1.91. The Morgan fingerprint density at radius 2 is 2.00 bits per heavy atom. The molecule has 15 heavy (non-hydrogen) atoms. The van der Waals surface area contributed by atoms with Crippen LogP contribution in [0.1, 0.15) is 24.8 Å². The van der Waals surface area contributed by atoms with Crippen LogP contribution in [0.5, 0.6) is 0 Å². The molecule has 1 saturated heterocycles. The first kappa shape index (κ1) is 10.6. The Hall–Kier alpha value is -0.900. The first-order valence-electron chi connectivity index (χ1n) is 5.32. The SMILES string of the molecule is OC1(O)CCC(CCc2ccccc2)O1. The molecule has 2 N–H and O–H groups in total. The van der Waals surface area contributed by atoms with E-state index in [9.17, 15) is 10.2 Å². The van der Waals surface area contributed by atoms with Crippen molar-refractivity contribution in [2.75, 3.05) is 0 Å². The van der Waals surface area contributed by atoms with Crippen LogP contribution in [0.3, 0.4) is 0 Å². The van der Waals surface area contributed by atoms with Crippen LogP contribution in [-0.4, -0.2) is 22.3 Å². The molecule has 1 aromatic rings. The molecule has 1 unspecified atom stereocenters. The van der Waals surface area contributed by atoms with Gasteiger partial charge in [-0.1, -0.05) is 30.3 Å². The van der Waals surface area contributed by atoms with Crippen molar-refractivity contribution in [2.24, 2.45) is 0 Å². The number of aryl methyl sites for hydroxylation is 1. The summed E-state index contributed by atoms with van der Waals surface area (Å²) >= 11 is 0. The molecule has 3 nitrogen and oxygen atoms in total. The molecule has 3 heteroatoms. The zero-order valence-corrected chi connectivity index (χ0v) is 8.60. The van der Waals surface area contributed by atoms with Crippen LogP contribution in [0.25, 0.3) is 0 Å². The molecule has 0 amide bonds. The van der Waals surface area contributed by atoms with E-state index in [0.717, 1.165) is 19.3 Å². The average molecular weight is 208 g/mol. The molecule has 1 atom stereocenters. The summed E-state index contributed by atoms with van der Waals surface area (Å²) in [5.41, 5.74) is 1.26. The van der Waals surface area contributed by atoms with Crippen molar-refractivity contribution in [1.82, 2.24) is 0 Å². The fourth-order valence-corrected chi connectivity index (χ4v) is 1.91. The van der Waals surface area contributed by atoms with Gasteiger partial charge in [-0.15, -0.1) is 0 Å². The highest BCUT2D eigenvalue weighted by Crippen LogP contribution is 2.28. The van der Waals surface area contributed by atoms with E-state index >= 15 is 0 Å². The van der Waals surface area contributed by atoms with E-state index < -0.39 is 5.97 Å². The van der Waals surface area contributed by atoms with Gasteiger partial charge in [0.2, 0.25) is 0 Å². The van der Waals surface area contributed by atoms with Crippen LogP contribution in [0, 0.1) is 0 Å². The molecule has 0 aliphatic carbocycles. The fraction of sp³-hybridized carbons (Fsp3) is 0.500. The van der Waals surface area contributed by atoms with E-state index in [1.165, 1.54) is 5.56 Å². The predicted molar refractivity (Wildman–Crippen MR) is 56.0 cm³/mol. The molecule has 0 spiro atoms. The lowest BCUT2D eigenvalue weighted by Crippen LogP contribution is -2.27. The molecule has 1 heterocycles. The second kappa shape index (κ2) is 4.31. The van der Waals surface area contributed by atoms with Crippen LogP contribution < -0.4 is 0 Å². The molecule has 0 bridgehead atoms. The standard InChI is InChI=1S/C12H16O3/c13-12(14)9-8-11(15-12)7-6-10-4-2-1-3-5-10/h1-5,11,13-14H,6-9H2. The summed E-state index contributed by atoms with van der Waals surface area (Å²) in [6, 6.07) is 10.1. The molecule has 1 aliphatic rings. The van der Waals surface area contributed by atoms with E-state index in [2.05, 4.69) is 12.1 Å². The molecule has 1 aromatic carbocycles. The topological polar surface area (TPSA) is 49.7 Å². The van der Waals surface area contributed by atoms with Gasteiger partial charge in [-0.05, 0) is 24.8 Å².